The number of aromatic nitrogens is 2. The summed E-state index contributed by atoms with van der Waals surface area (Å²) in [7, 11) is 1.61. The second-order valence-corrected chi connectivity index (χ2v) is 10.6. The number of fused-ring (bicyclic) bond motifs is 1. The molecule has 0 saturated heterocycles. The lowest BCUT2D eigenvalue weighted by molar-refractivity contribution is 0.0601. The van der Waals surface area contributed by atoms with Crippen LogP contribution in [0.4, 0.5) is 0 Å². The Balaban J connectivity index is 1.75. The standard InChI is InChI=1S/C29H36ClN3O5/c1-17(2)11-14-38-23-10-7-19(15-24(23)36-5)28-25-26(21-16-20(30)8-9-22(21)34)31-32-27(25)29(35)33(28)12-6-13-37-18(3)4/h7-10,15-18,28,34H,6,11-14H2,1-5H3,(H,31,32). The summed E-state index contributed by atoms with van der Waals surface area (Å²) in [6.45, 7) is 9.88. The first-order chi connectivity index (χ1) is 18.2. The van der Waals surface area contributed by atoms with Gasteiger partial charge in [-0.15, -0.1) is 0 Å². The summed E-state index contributed by atoms with van der Waals surface area (Å²) in [4.78, 5) is 15.4. The smallest absolute Gasteiger partial charge is 0.273 e. The van der Waals surface area contributed by atoms with Crippen LogP contribution in [0.25, 0.3) is 11.3 Å². The first-order valence-corrected chi connectivity index (χ1v) is 13.4. The zero-order valence-corrected chi connectivity index (χ0v) is 23.3. The molecule has 0 bridgehead atoms. The number of amides is 1. The van der Waals surface area contributed by atoms with Crippen LogP contribution < -0.4 is 9.47 Å². The largest absolute Gasteiger partial charge is 0.507 e. The molecular weight excluding hydrogens is 506 g/mol. The Bertz CT molecular complexity index is 1270. The molecule has 2 N–H and O–H groups in total. The molecule has 1 aliphatic heterocycles. The number of carbonyl (C=O) groups excluding carboxylic acids is 1. The average Bonchev–Trinajstić information content (AvgIpc) is 3.42. The van der Waals surface area contributed by atoms with Crippen LogP contribution >= 0.6 is 11.6 Å². The van der Waals surface area contributed by atoms with E-state index in [2.05, 4.69) is 24.0 Å². The van der Waals surface area contributed by atoms with Gasteiger partial charge >= 0.3 is 0 Å². The molecule has 8 nitrogen and oxygen atoms in total. The van der Waals surface area contributed by atoms with Gasteiger partial charge in [-0.1, -0.05) is 31.5 Å². The van der Waals surface area contributed by atoms with Crippen LogP contribution in [-0.4, -0.2) is 59.1 Å². The summed E-state index contributed by atoms with van der Waals surface area (Å²) < 4.78 is 17.4. The summed E-state index contributed by atoms with van der Waals surface area (Å²) in [5, 5.41) is 18.4. The Kier molecular flexibility index (Phi) is 8.84. The second kappa shape index (κ2) is 12.1. The number of ether oxygens (including phenoxy) is 3. The molecule has 1 aliphatic rings. The monoisotopic (exact) mass is 541 g/mol. The Morgan fingerprint density at radius 2 is 1.89 bits per heavy atom. The maximum atomic E-state index is 13.6. The van der Waals surface area contributed by atoms with Crippen LogP contribution in [0.3, 0.4) is 0 Å². The maximum absolute atomic E-state index is 13.6. The van der Waals surface area contributed by atoms with Gasteiger partial charge in [0.2, 0.25) is 0 Å². The zero-order chi connectivity index (χ0) is 27.4. The number of nitrogens with one attached hydrogen (secondary N) is 1. The van der Waals surface area contributed by atoms with Gasteiger partial charge in [-0.2, -0.15) is 5.10 Å². The van der Waals surface area contributed by atoms with E-state index in [1.165, 1.54) is 6.07 Å². The van der Waals surface area contributed by atoms with Gasteiger partial charge in [0.15, 0.2) is 11.5 Å². The molecular formula is C29H36ClN3O5. The van der Waals surface area contributed by atoms with Crippen molar-refractivity contribution < 1.29 is 24.1 Å². The summed E-state index contributed by atoms with van der Waals surface area (Å²) in [5.74, 6) is 1.64. The number of phenolic OH excluding ortho intramolecular Hbond substituents is 1. The van der Waals surface area contributed by atoms with Crippen molar-refractivity contribution in [3.05, 3.63) is 58.2 Å². The number of carbonyl (C=O) groups is 1. The number of aromatic amines is 1. The molecule has 3 aromatic rings. The molecule has 1 atom stereocenters. The minimum Gasteiger partial charge on any atom is -0.507 e. The predicted molar refractivity (Wildman–Crippen MR) is 147 cm³/mol. The van der Waals surface area contributed by atoms with Crippen molar-refractivity contribution in [2.24, 2.45) is 5.92 Å². The predicted octanol–water partition coefficient (Wildman–Crippen LogP) is 6.23. The van der Waals surface area contributed by atoms with Gasteiger partial charge in [0.1, 0.15) is 17.1 Å². The number of hydrogen-bond acceptors (Lipinski definition) is 6. The topological polar surface area (TPSA) is 96.9 Å². The lowest BCUT2D eigenvalue weighted by atomic mass is 9.95. The van der Waals surface area contributed by atoms with Crippen molar-refractivity contribution >= 4 is 17.5 Å². The van der Waals surface area contributed by atoms with Crippen molar-refractivity contribution in [1.82, 2.24) is 15.1 Å². The van der Waals surface area contributed by atoms with Gasteiger partial charge < -0.3 is 24.2 Å². The summed E-state index contributed by atoms with van der Waals surface area (Å²) >= 11 is 6.25. The van der Waals surface area contributed by atoms with Crippen LogP contribution in [0.5, 0.6) is 17.2 Å². The SMILES string of the molecule is COc1cc(C2c3c(-c4cc(Cl)ccc4O)n[nH]c3C(=O)N2CCCOC(C)C)ccc1OCCC(C)C. The van der Waals surface area contributed by atoms with Gasteiger partial charge in [0.05, 0.1) is 25.9 Å². The average molecular weight is 542 g/mol. The number of methoxy groups -OCH3 is 1. The highest BCUT2D eigenvalue weighted by molar-refractivity contribution is 6.31. The molecule has 2 aromatic carbocycles. The minimum atomic E-state index is -0.456. The zero-order valence-electron chi connectivity index (χ0n) is 22.6. The third-order valence-corrected chi connectivity index (χ3v) is 6.76. The van der Waals surface area contributed by atoms with Crippen molar-refractivity contribution in [2.75, 3.05) is 26.9 Å². The van der Waals surface area contributed by atoms with Crippen molar-refractivity contribution in [3.8, 4) is 28.5 Å². The highest BCUT2D eigenvalue weighted by Gasteiger charge is 2.42. The van der Waals surface area contributed by atoms with E-state index in [0.29, 0.717) is 71.1 Å². The van der Waals surface area contributed by atoms with E-state index in [0.717, 1.165) is 12.0 Å². The normalized spacial score (nSPS) is 15.0. The molecule has 1 amide bonds. The van der Waals surface area contributed by atoms with Crippen LogP contribution in [0.2, 0.25) is 5.02 Å². The van der Waals surface area contributed by atoms with E-state index in [1.807, 2.05) is 36.9 Å². The van der Waals surface area contributed by atoms with Crippen LogP contribution in [0, 0.1) is 5.92 Å². The van der Waals surface area contributed by atoms with Crippen molar-refractivity contribution in [1.29, 1.82) is 0 Å². The molecule has 9 heteroatoms. The second-order valence-electron chi connectivity index (χ2n) is 10.1. The highest BCUT2D eigenvalue weighted by Crippen LogP contribution is 2.46. The Labute approximate surface area is 228 Å². The number of rotatable bonds is 12. The fourth-order valence-corrected chi connectivity index (χ4v) is 4.78. The van der Waals surface area contributed by atoms with Crippen molar-refractivity contribution in [3.63, 3.8) is 0 Å². The van der Waals surface area contributed by atoms with Gasteiger partial charge in [-0.3, -0.25) is 9.89 Å². The van der Waals surface area contributed by atoms with E-state index in [9.17, 15) is 9.90 Å². The Hall–Kier alpha value is -3.23. The third-order valence-electron chi connectivity index (χ3n) is 6.53. The molecule has 1 unspecified atom stereocenters. The molecule has 1 aromatic heterocycles. The first kappa shape index (κ1) is 27.8. The Morgan fingerprint density at radius 3 is 2.61 bits per heavy atom. The number of hydrogen-bond donors (Lipinski definition) is 2. The molecule has 38 heavy (non-hydrogen) atoms. The first-order valence-electron chi connectivity index (χ1n) is 13.0. The molecule has 2 heterocycles. The number of halogens is 1. The van der Waals surface area contributed by atoms with E-state index < -0.39 is 6.04 Å². The van der Waals surface area contributed by atoms with E-state index in [-0.39, 0.29) is 17.8 Å². The Morgan fingerprint density at radius 1 is 1.11 bits per heavy atom. The summed E-state index contributed by atoms with van der Waals surface area (Å²) in [5.41, 5.74) is 2.87. The molecule has 204 valence electrons. The third kappa shape index (κ3) is 5.92. The number of aromatic hydroxyl groups is 1. The fraction of sp³-hybridized carbons (Fsp3) is 0.448. The van der Waals surface area contributed by atoms with E-state index >= 15 is 0 Å². The number of nitrogens with zero attached hydrogens (tertiary/aromatic N) is 2. The quantitative estimate of drug-likeness (QED) is 0.264. The van der Waals surface area contributed by atoms with Crippen LogP contribution in [-0.2, 0) is 4.74 Å². The number of benzene rings is 2. The molecule has 0 spiro atoms. The van der Waals surface area contributed by atoms with Crippen LogP contribution in [0.1, 0.15) is 68.2 Å². The van der Waals surface area contributed by atoms with Crippen molar-refractivity contribution in [2.45, 2.75) is 52.7 Å². The van der Waals surface area contributed by atoms with E-state index in [1.54, 1.807) is 19.2 Å². The molecule has 0 fully saturated rings. The summed E-state index contributed by atoms with van der Waals surface area (Å²) in [6, 6.07) is 10.1. The number of H-pyrrole nitrogens is 1. The fourth-order valence-electron chi connectivity index (χ4n) is 4.61. The molecule has 0 radical (unpaired) electrons. The highest BCUT2D eigenvalue weighted by atomic mass is 35.5. The van der Waals surface area contributed by atoms with Gasteiger partial charge in [0, 0.05) is 29.3 Å². The van der Waals surface area contributed by atoms with Gasteiger partial charge in [-0.05, 0) is 68.5 Å². The van der Waals surface area contributed by atoms with Gasteiger partial charge in [0.25, 0.3) is 5.91 Å². The van der Waals surface area contributed by atoms with Crippen LogP contribution in [0.15, 0.2) is 36.4 Å². The lowest BCUT2D eigenvalue weighted by Gasteiger charge is -2.27. The maximum Gasteiger partial charge on any atom is 0.273 e. The summed E-state index contributed by atoms with van der Waals surface area (Å²) in [6.07, 6.45) is 1.71. The molecule has 0 saturated carbocycles. The minimum absolute atomic E-state index is 0.0326. The molecule has 4 rings (SSSR count). The van der Waals surface area contributed by atoms with Gasteiger partial charge in [-0.25, -0.2) is 0 Å². The lowest BCUT2D eigenvalue weighted by Crippen LogP contribution is -2.31. The van der Waals surface area contributed by atoms with E-state index in [4.69, 9.17) is 25.8 Å². The molecule has 0 aliphatic carbocycles. The number of phenols is 1.